The van der Waals surface area contributed by atoms with E-state index >= 15 is 0 Å². The van der Waals surface area contributed by atoms with Gasteiger partial charge in [0, 0.05) is 21.5 Å². The van der Waals surface area contributed by atoms with Crippen molar-refractivity contribution in [2.45, 2.75) is 29.8 Å². The summed E-state index contributed by atoms with van der Waals surface area (Å²) < 4.78 is -0.0470. The molecule has 68 valence electrons. The Labute approximate surface area is 91.5 Å². The smallest absolute Gasteiger partial charge is 0.0315 e. The first-order chi connectivity index (χ1) is 5.08. The second-order valence-corrected chi connectivity index (χ2v) is 5.12. The molecule has 0 saturated carbocycles. The summed E-state index contributed by atoms with van der Waals surface area (Å²) in [7, 11) is 0. The van der Waals surface area contributed by atoms with Gasteiger partial charge in [-0.25, -0.2) is 0 Å². The summed E-state index contributed by atoms with van der Waals surface area (Å²) in [6, 6.07) is 0. The molecule has 4 heteroatoms. The highest BCUT2D eigenvalue weighted by atomic mass is 32.1. The minimum Gasteiger partial charge on any atom is -0.178 e. The van der Waals surface area contributed by atoms with Crippen molar-refractivity contribution in [3.63, 3.8) is 0 Å². The largest absolute Gasteiger partial charge is 0.178 e. The van der Waals surface area contributed by atoms with Gasteiger partial charge in [-0.1, -0.05) is 6.92 Å². The summed E-state index contributed by atoms with van der Waals surface area (Å²) >= 11 is 17.4. The average Bonchev–Trinajstić information content (AvgIpc) is 2.04. The molecular weight excluding hydrogens is 212 g/mol. The maximum absolute atomic E-state index is 4.51. The topological polar surface area (TPSA) is 0 Å². The second kappa shape index (κ2) is 5.95. The van der Waals surface area contributed by atoms with Gasteiger partial charge in [-0.05, 0) is 12.8 Å². The van der Waals surface area contributed by atoms with Crippen molar-refractivity contribution in [3.8, 4) is 0 Å². The van der Waals surface area contributed by atoms with Crippen LogP contribution in [0.3, 0.4) is 0 Å². The highest BCUT2D eigenvalue weighted by Crippen LogP contribution is 2.27. The van der Waals surface area contributed by atoms with Gasteiger partial charge in [0.15, 0.2) is 0 Å². The van der Waals surface area contributed by atoms with Crippen LogP contribution in [-0.4, -0.2) is 21.5 Å². The lowest BCUT2D eigenvalue weighted by atomic mass is 10.1. The van der Waals surface area contributed by atoms with E-state index in [-0.39, 0.29) is 4.75 Å². The van der Waals surface area contributed by atoms with Crippen molar-refractivity contribution in [2.24, 2.45) is 0 Å². The summed E-state index contributed by atoms with van der Waals surface area (Å²) in [6.45, 7) is 2.13. The van der Waals surface area contributed by atoms with E-state index in [1.807, 2.05) is 0 Å². The van der Waals surface area contributed by atoms with Gasteiger partial charge in [0.25, 0.3) is 0 Å². The van der Waals surface area contributed by atoms with E-state index in [9.17, 15) is 0 Å². The lowest BCUT2D eigenvalue weighted by Gasteiger charge is -2.26. The molecule has 0 spiro atoms. The predicted molar refractivity (Wildman–Crippen MR) is 67.1 cm³/mol. The molecule has 0 aromatic rings. The maximum Gasteiger partial charge on any atom is 0.0315 e. The van der Waals surface area contributed by atoms with Crippen LogP contribution in [0, 0.1) is 0 Å². The Morgan fingerprint density at radius 3 is 2.00 bits per heavy atom. The van der Waals surface area contributed by atoms with Crippen LogP contribution in [0.25, 0.3) is 0 Å². The van der Waals surface area contributed by atoms with Gasteiger partial charge in [-0.3, -0.25) is 0 Å². The van der Waals surface area contributed by atoms with Gasteiger partial charge < -0.3 is 0 Å². The van der Waals surface area contributed by atoms with Crippen molar-refractivity contribution in [2.75, 3.05) is 11.5 Å². The van der Waals surface area contributed by atoms with E-state index < -0.39 is 0 Å². The van der Waals surface area contributed by atoms with E-state index in [1.54, 1.807) is 0 Å². The number of rotatable bonds is 5. The van der Waals surface area contributed by atoms with Gasteiger partial charge >= 0.3 is 0 Å². The van der Waals surface area contributed by atoms with Gasteiger partial charge in [-0.15, -0.1) is 0 Å². The molecule has 0 aliphatic heterocycles. The van der Waals surface area contributed by atoms with Crippen LogP contribution in [0.4, 0.5) is 0 Å². The fourth-order valence-corrected chi connectivity index (χ4v) is 2.13. The molecule has 0 fully saturated rings. The molecule has 1 unspecified atom stereocenters. The van der Waals surface area contributed by atoms with Gasteiger partial charge in [-0.2, -0.15) is 50.5 Å². The lowest BCUT2D eigenvalue weighted by Crippen LogP contribution is -2.29. The molecule has 0 aliphatic rings. The first kappa shape index (κ1) is 12.4. The number of hydrogen-bond donors (Lipinski definition) is 4. The molecule has 0 aromatic carbocycles. The molecule has 0 aromatic heterocycles. The molecule has 0 N–H and O–H groups in total. The lowest BCUT2D eigenvalue weighted by molar-refractivity contribution is 0.629. The average molecular weight is 228 g/mol. The summed E-state index contributed by atoms with van der Waals surface area (Å²) in [5, 5.41) is 0.423. The van der Waals surface area contributed by atoms with Gasteiger partial charge in [0.1, 0.15) is 0 Å². The Morgan fingerprint density at radius 1 is 1.27 bits per heavy atom. The first-order valence-corrected chi connectivity index (χ1v) is 5.93. The number of thiol groups is 4. The summed E-state index contributed by atoms with van der Waals surface area (Å²) in [6.07, 6.45) is 2.05. The Balaban J connectivity index is 3.86. The Morgan fingerprint density at radius 2 is 1.73 bits per heavy atom. The van der Waals surface area contributed by atoms with E-state index in [1.165, 1.54) is 0 Å². The van der Waals surface area contributed by atoms with Crippen molar-refractivity contribution in [1.82, 2.24) is 0 Å². The number of hydrogen-bond acceptors (Lipinski definition) is 4. The van der Waals surface area contributed by atoms with E-state index in [0.717, 1.165) is 24.3 Å². The van der Waals surface area contributed by atoms with Crippen LogP contribution in [0.15, 0.2) is 0 Å². The third kappa shape index (κ3) is 4.86. The van der Waals surface area contributed by atoms with Crippen LogP contribution in [0.2, 0.25) is 0 Å². The molecule has 0 bridgehead atoms. The molecule has 0 radical (unpaired) electrons. The van der Waals surface area contributed by atoms with Crippen LogP contribution in [0.5, 0.6) is 0 Å². The first-order valence-electron chi connectivity index (χ1n) is 3.70. The highest BCUT2D eigenvalue weighted by molar-refractivity contribution is 7.87. The third-order valence-corrected chi connectivity index (χ3v) is 4.43. The zero-order valence-corrected chi connectivity index (χ0v) is 10.3. The zero-order chi connectivity index (χ0) is 8.91. The standard InChI is InChI=1S/C7H16S4/c1-2-6(10)3-7(11,4-8)5-9/h6,8-11H,2-5H2,1H3. The van der Waals surface area contributed by atoms with E-state index in [4.69, 9.17) is 0 Å². The van der Waals surface area contributed by atoms with Crippen LogP contribution < -0.4 is 0 Å². The van der Waals surface area contributed by atoms with Crippen molar-refractivity contribution < 1.29 is 0 Å². The molecule has 0 nitrogen and oxygen atoms in total. The zero-order valence-electron chi connectivity index (χ0n) is 6.69. The van der Waals surface area contributed by atoms with Crippen molar-refractivity contribution in [1.29, 1.82) is 0 Å². The highest BCUT2D eigenvalue weighted by Gasteiger charge is 2.24. The third-order valence-electron chi connectivity index (χ3n) is 1.68. The van der Waals surface area contributed by atoms with Crippen LogP contribution in [-0.2, 0) is 0 Å². The van der Waals surface area contributed by atoms with E-state index in [2.05, 4.69) is 57.4 Å². The SMILES string of the molecule is CCC(S)CC(S)(CS)CS. The summed E-state index contributed by atoms with van der Waals surface area (Å²) in [4.78, 5) is 0. The fourth-order valence-electron chi connectivity index (χ4n) is 0.762. The Hall–Kier alpha value is 1.40. The second-order valence-electron chi connectivity index (χ2n) is 2.81. The Kier molecular flexibility index (Phi) is 6.70. The molecule has 0 heterocycles. The van der Waals surface area contributed by atoms with Gasteiger partial charge in [0.2, 0.25) is 0 Å². The minimum atomic E-state index is -0.0470. The molecule has 11 heavy (non-hydrogen) atoms. The predicted octanol–water partition coefficient (Wildman–Crippen LogP) is 2.61. The quantitative estimate of drug-likeness (QED) is 0.511. The van der Waals surface area contributed by atoms with Crippen molar-refractivity contribution >= 4 is 50.5 Å². The van der Waals surface area contributed by atoms with Crippen molar-refractivity contribution in [3.05, 3.63) is 0 Å². The molecule has 0 aliphatic carbocycles. The normalized spacial score (nSPS) is 15.0. The molecule has 1 atom stereocenters. The maximum atomic E-state index is 4.51. The van der Waals surface area contributed by atoms with E-state index in [0.29, 0.717) is 5.25 Å². The summed E-state index contributed by atoms with van der Waals surface area (Å²) in [5.74, 6) is 1.52. The monoisotopic (exact) mass is 228 g/mol. The minimum absolute atomic E-state index is 0.0470. The fraction of sp³-hybridized carbons (Fsp3) is 1.00. The Bertz CT molecular complexity index is 101. The van der Waals surface area contributed by atoms with Crippen LogP contribution in [0.1, 0.15) is 19.8 Å². The molecule has 0 rings (SSSR count). The summed E-state index contributed by atoms with van der Waals surface area (Å²) in [5.41, 5.74) is 0. The van der Waals surface area contributed by atoms with Crippen LogP contribution >= 0.6 is 50.5 Å². The molecule has 0 saturated heterocycles. The molecular formula is C7H16S4. The molecule has 0 amide bonds. The van der Waals surface area contributed by atoms with Gasteiger partial charge in [0.05, 0.1) is 0 Å².